The molecule has 1 aliphatic heterocycles. The van der Waals surface area contributed by atoms with Crippen molar-refractivity contribution in [2.24, 2.45) is 0 Å². The second kappa shape index (κ2) is 4.30. The van der Waals surface area contributed by atoms with E-state index < -0.39 is 0 Å². The van der Waals surface area contributed by atoms with Gasteiger partial charge in [-0.3, -0.25) is 4.79 Å². The van der Waals surface area contributed by atoms with Gasteiger partial charge in [0.2, 0.25) is 5.91 Å². The van der Waals surface area contributed by atoms with Gasteiger partial charge in [0.1, 0.15) is 0 Å². The number of likely N-dealkylation sites (tertiary alicyclic amines) is 1. The van der Waals surface area contributed by atoms with Crippen LogP contribution < -0.4 is 5.32 Å². The molecule has 1 amide bonds. The molecular weight excluding hydrogens is 176 g/mol. The summed E-state index contributed by atoms with van der Waals surface area (Å²) in [6.45, 7) is 0.967. The Morgan fingerprint density at radius 3 is 2.50 bits per heavy atom. The summed E-state index contributed by atoms with van der Waals surface area (Å²) in [5.74, 6) is 0.333. The van der Waals surface area contributed by atoms with Crippen LogP contribution >= 0.6 is 0 Å². The highest BCUT2D eigenvalue weighted by Crippen LogP contribution is 2.26. The van der Waals surface area contributed by atoms with Crippen LogP contribution in [0.3, 0.4) is 0 Å². The van der Waals surface area contributed by atoms with Crippen molar-refractivity contribution in [3.8, 4) is 0 Å². The molecule has 2 aliphatic rings. The van der Waals surface area contributed by atoms with E-state index in [2.05, 4.69) is 10.2 Å². The first-order valence-corrected chi connectivity index (χ1v) is 5.80. The zero-order chi connectivity index (χ0) is 9.97. The Kier molecular flexibility index (Phi) is 3.06. The van der Waals surface area contributed by atoms with Gasteiger partial charge in [0, 0.05) is 12.6 Å². The number of carbonyl (C=O) groups excluding carboxylic acids is 1. The maximum atomic E-state index is 11.9. The minimum absolute atomic E-state index is 0.0944. The SMILES string of the molecule is CNC1CCN(C2CCCCC2)C1=O. The van der Waals surface area contributed by atoms with E-state index in [4.69, 9.17) is 0 Å². The molecule has 80 valence electrons. The number of nitrogens with zero attached hydrogens (tertiary/aromatic N) is 1. The number of likely N-dealkylation sites (N-methyl/N-ethyl adjacent to an activating group) is 1. The summed E-state index contributed by atoms with van der Waals surface area (Å²) in [6.07, 6.45) is 7.40. The topological polar surface area (TPSA) is 32.3 Å². The van der Waals surface area contributed by atoms with Crippen LogP contribution in [0.1, 0.15) is 38.5 Å². The molecule has 0 aromatic heterocycles. The third-order valence-electron chi connectivity index (χ3n) is 3.60. The van der Waals surface area contributed by atoms with Gasteiger partial charge in [-0.15, -0.1) is 0 Å². The molecule has 1 N–H and O–H groups in total. The van der Waals surface area contributed by atoms with Crippen LogP contribution in [0.15, 0.2) is 0 Å². The van der Waals surface area contributed by atoms with Crippen molar-refractivity contribution in [1.29, 1.82) is 0 Å². The lowest BCUT2D eigenvalue weighted by Gasteiger charge is -2.31. The Morgan fingerprint density at radius 1 is 1.21 bits per heavy atom. The van der Waals surface area contributed by atoms with Crippen LogP contribution in [-0.2, 0) is 4.79 Å². The summed E-state index contributed by atoms with van der Waals surface area (Å²) < 4.78 is 0. The Balaban J connectivity index is 1.94. The predicted molar refractivity (Wildman–Crippen MR) is 56.1 cm³/mol. The van der Waals surface area contributed by atoms with E-state index >= 15 is 0 Å². The van der Waals surface area contributed by atoms with Crippen molar-refractivity contribution in [1.82, 2.24) is 10.2 Å². The minimum atomic E-state index is 0.0944. The van der Waals surface area contributed by atoms with E-state index in [0.717, 1.165) is 13.0 Å². The monoisotopic (exact) mass is 196 g/mol. The Morgan fingerprint density at radius 2 is 1.93 bits per heavy atom. The molecule has 1 heterocycles. The normalized spacial score (nSPS) is 29.9. The minimum Gasteiger partial charge on any atom is -0.338 e. The van der Waals surface area contributed by atoms with Crippen LogP contribution in [0.25, 0.3) is 0 Å². The summed E-state index contributed by atoms with van der Waals surface area (Å²) in [5, 5.41) is 3.09. The molecule has 0 spiro atoms. The third-order valence-corrected chi connectivity index (χ3v) is 3.60. The zero-order valence-corrected chi connectivity index (χ0v) is 8.96. The number of hydrogen-bond donors (Lipinski definition) is 1. The van der Waals surface area contributed by atoms with Crippen LogP contribution in [0.4, 0.5) is 0 Å². The molecule has 1 aliphatic carbocycles. The zero-order valence-electron chi connectivity index (χ0n) is 8.96. The summed E-state index contributed by atoms with van der Waals surface area (Å²) >= 11 is 0. The highest BCUT2D eigenvalue weighted by Gasteiger charge is 2.34. The van der Waals surface area contributed by atoms with Gasteiger partial charge in [-0.2, -0.15) is 0 Å². The van der Waals surface area contributed by atoms with Crippen molar-refractivity contribution in [3.05, 3.63) is 0 Å². The molecule has 2 fully saturated rings. The van der Waals surface area contributed by atoms with E-state index in [1.807, 2.05) is 7.05 Å². The molecule has 2 rings (SSSR count). The second-order valence-corrected chi connectivity index (χ2v) is 4.45. The Labute approximate surface area is 85.8 Å². The van der Waals surface area contributed by atoms with E-state index in [-0.39, 0.29) is 6.04 Å². The second-order valence-electron chi connectivity index (χ2n) is 4.45. The van der Waals surface area contributed by atoms with E-state index in [9.17, 15) is 4.79 Å². The molecule has 1 saturated heterocycles. The third kappa shape index (κ3) is 1.78. The molecule has 0 radical (unpaired) electrons. The van der Waals surface area contributed by atoms with Gasteiger partial charge in [0.25, 0.3) is 0 Å². The van der Waals surface area contributed by atoms with Gasteiger partial charge in [0.05, 0.1) is 6.04 Å². The summed E-state index contributed by atoms with van der Waals surface area (Å²) in [5.41, 5.74) is 0. The molecule has 0 aromatic carbocycles. The quantitative estimate of drug-likeness (QED) is 0.718. The number of hydrogen-bond acceptors (Lipinski definition) is 2. The van der Waals surface area contributed by atoms with Gasteiger partial charge in [-0.1, -0.05) is 19.3 Å². The Bertz CT molecular complexity index is 211. The first kappa shape index (κ1) is 9.97. The van der Waals surface area contributed by atoms with Crippen molar-refractivity contribution in [2.75, 3.05) is 13.6 Å². The van der Waals surface area contributed by atoms with E-state index in [1.165, 1.54) is 32.1 Å². The molecule has 1 atom stereocenters. The molecule has 1 saturated carbocycles. The van der Waals surface area contributed by atoms with Crippen LogP contribution in [0.5, 0.6) is 0 Å². The molecule has 3 nitrogen and oxygen atoms in total. The number of nitrogens with one attached hydrogen (secondary N) is 1. The lowest BCUT2D eigenvalue weighted by Crippen LogP contribution is -2.42. The van der Waals surface area contributed by atoms with Crippen LogP contribution in [0, 0.1) is 0 Å². The summed E-state index contributed by atoms with van der Waals surface area (Å²) in [4.78, 5) is 14.0. The van der Waals surface area contributed by atoms with Crippen molar-refractivity contribution in [2.45, 2.75) is 50.6 Å². The van der Waals surface area contributed by atoms with Gasteiger partial charge in [0.15, 0.2) is 0 Å². The summed E-state index contributed by atoms with van der Waals surface area (Å²) in [6, 6.07) is 0.645. The smallest absolute Gasteiger partial charge is 0.240 e. The average molecular weight is 196 g/mol. The van der Waals surface area contributed by atoms with Crippen molar-refractivity contribution < 1.29 is 4.79 Å². The fourth-order valence-corrected chi connectivity index (χ4v) is 2.73. The lowest BCUT2D eigenvalue weighted by molar-refractivity contribution is -0.131. The van der Waals surface area contributed by atoms with Gasteiger partial charge in [-0.05, 0) is 26.3 Å². The highest BCUT2D eigenvalue weighted by atomic mass is 16.2. The first-order valence-electron chi connectivity index (χ1n) is 5.80. The molecular formula is C11H20N2O. The Hall–Kier alpha value is -0.570. The van der Waals surface area contributed by atoms with E-state index in [1.54, 1.807) is 0 Å². The fraction of sp³-hybridized carbons (Fsp3) is 0.909. The maximum absolute atomic E-state index is 11.9. The van der Waals surface area contributed by atoms with Gasteiger partial charge in [-0.25, -0.2) is 0 Å². The number of rotatable bonds is 2. The van der Waals surface area contributed by atoms with Gasteiger partial charge >= 0.3 is 0 Å². The molecule has 0 aromatic rings. The van der Waals surface area contributed by atoms with Gasteiger partial charge < -0.3 is 10.2 Å². The van der Waals surface area contributed by atoms with Crippen LogP contribution in [0.2, 0.25) is 0 Å². The van der Waals surface area contributed by atoms with Crippen LogP contribution in [-0.4, -0.2) is 36.5 Å². The van der Waals surface area contributed by atoms with Crippen molar-refractivity contribution >= 4 is 5.91 Å². The predicted octanol–water partition coefficient (Wildman–Crippen LogP) is 1.14. The molecule has 3 heteroatoms. The standard InChI is InChI=1S/C11H20N2O/c1-12-10-7-8-13(11(10)14)9-5-3-2-4-6-9/h9-10,12H,2-8H2,1H3. The average Bonchev–Trinajstić information content (AvgIpc) is 2.61. The summed E-state index contributed by atoms with van der Waals surface area (Å²) in [7, 11) is 1.88. The molecule has 1 unspecified atom stereocenters. The van der Waals surface area contributed by atoms with Crippen molar-refractivity contribution in [3.63, 3.8) is 0 Å². The number of carbonyl (C=O) groups is 1. The largest absolute Gasteiger partial charge is 0.338 e. The lowest BCUT2D eigenvalue weighted by atomic mass is 9.94. The first-order chi connectivity index (χ1) is 6.83. The molecule has 0 bridgehead atoms. The highest BCUT2D eigenvalue weighted by molar-refractivity contribution is 5.84. The molecule has 14 heavy (non-hydrogen) atoms. The fourth-order valence-electron chi connectivity index (χ4n) is 2.73. The van der Waals surface area contributed by atoms with E-state index in [0.29, 0.717) is 11.9 Å². The maximum Gasteiger partial charge on any atom is 0.240 e. The number of amides is 1.